The molecule has 2 aliphatic rings. The van der Waals surface area contributed by atoms with Gasteiger partial charge in [0.1, 0.15) is 5.69 Å². The Labute approximate surface area is 132 Å². The molecule has 0 radical (unpaired) electrons. The number of carbonyl (C=O) groups is 1. The van der Waals surface area contributed by atoms with Gasteiger partial charge in [-0.1, -0.05) is 6.08 Å². The molecular formula is C17H24N4O. The largest absolute Gasteiger partial charge is 0.335 e. The number of aryl methyl sites for hydroxylation is 1. The van der Waals surface area contributed by atoms with Crippen LogP contribution in [0.4, 0.5) is 0 Å². The first-order valence-electron chi connectivity index (χ1n) is 8.08. The van der Waals surface area contributed by atoms with Gasteiger partial charge >= 0.3 is 0 Å². The molecule has 0 aromatic carbocycles. The first-order valence-corrected chi connectivity index (χ1v) is 8.08. The van der Waals surface area contributed by atoms with Crippen LogP contribution in [0.1, 0.15) is 41.9 Å². The third-order valence-corrected chi connectivity index (χ3v) is 4.93. The lowest BCUT2D eigenvalue weighted by atomic mass is 9.86. The summed E-state index contributed by atoms with van der Waals surface area (Å²) < 4.78 is 0. The molecule has 1 aromatic rings. The van der Waals surface area contributed by atoms with Crippen molar-refractivity contribution in [3.8, 4) is 0 Å². The number of hydrogen-bond acceptors (Lipinski definition) is 4. The molecule has 0 aliphatic carbocycles. The van der Waals surface area contributed by atoms with Crippen molar-refractivity contribution >= 4 is 5.91 Å². The predicted molar refractivity (Wildman–Crippen MR) is 85.6 cm³/mol. The molecule has 22 heavy (non-hydrogen) atoms. The smallest absolute Gasteiger partial charge is 0.274 e. The lowest BCUT2D eigenvalue weighted by molar-refractivity contribution is 0.0362. The molecule has 1 unspecified atom stereocenters. The van der Waals surface area contributed by atoms with Crippen molar-refractivity contribution < 1.29 is 4.79 Å². The number of hydrogen-bond donors (Lipinski definition) is 0. The highest BCUT2D eigenvalue weighted by atomic mass is 16.2. The number of nitrogens with zero attached hydrogens (tertiary/aromatic N) is 4. The summed E-state index contributed by atoms with van der Waals surface area (Å²) >= 11 is 0. The maximum Gasteiger partial charge on any atom is 0.274 e. The first-order chi connectivity index (χ1) is 10.6. The van der Waals surface area contributed by atoms with Gasteiger partial charge in [-0.3, -0.25) is 14.7 Å². The van der Waals surface area contributed by atoms with E-state index in [0.29, 0.717) is 5.69 Å². The maximum atomic E-state index is 12.7. The third kappa shape index (κ3) is 2.77. The second kappa shape index (κ2) is 6.16. The molecule has 1 atom stereocenters. The molecule has 2 saturated heterocycles. The van der Waals surface area contributed by atoms with Crippen LogP contribution in [0.2, 0.25) is 0 Å². The van der Waals surface area contributed by atoms with E-state index >= 15 is 0 Å². The van der Waals surface area contributed by atoms with E-state index in [9.17, 15) is 4.79 Å². The van der Waals surface area contributed by atoms with Crippen LogP contribution < -0.4 is 0 Å². The van der Waals surface area contributed by atoms with E-state index in [-0.39, 0.29) is 11.4 Å². The summed E-state index contributed by atoms with van der Waals surface area (Å²) in [4.78, 5) is 25.6. The summed E-state index contributed by atoms with van der Waals surface area (Å²) in [6, 6.07) is 0. The van der Waals surface area contributed by atoms with Crippen LogP contribution in [0.25, 0.3) is 0 Å². The topological polar surface area (TPSA) is 49.3 Å². The zero-order valence-corrected chi connectivity index (χ0v) is 13.3. The number of carbonyl (C=O) groups excluding carboxylic acids is 1. The van der Waals surface area contributed by atoms with Crippen LogP contribution in [0.15, 0.2) is 25.0 Å². The van der Waals surface area contributed by atoms with Crippen molar-refractivity contribution in [2.45, 2.75) is 38.1 Å². The predicted octanol–water partition coefficient (Wildman–Crippen LogP) is 2.04. The molecule has 118 valence electrons. The van der Waals surface area contributed by atoms with Gasteiger partial charge in [0.2, 0.25) is 0 Å². The van der Waals surface area contributed by atoms with Gasteiger partial charge in [-0.15, -0.1) is 6.58 Å². The number of amides is 1. The summed E-state index contributed by atoms with van der Waals surface area (Å²) in [6.07, 6.45) is 9.83. The fourth-order valence-electron chi connectivity index (χ4n) is 3.85. The van der Waals surface area contributed by atoms with Crippen molar-refractivity contribution in [1.29, 1.82) is 0 Å². The fourth-order valence-corrected chi connectivity index (χ4v) is 3.85. The van der Waals surface area contributed by atoms with E-state index in [1.54, 1.807) is 12.4 Å². The summed E-state index contributed by atoms with van der Waals surface area (Å²) in [7, 11) is 0. The van der Waals surface area contributed by atoms with Crippen molar-refractivity contribution in [3.05, 3.63) is 36.4 Å². The van der Waals surface area contributed by atoms with E-state index in [1.165, 1.54) is 19.3 Å². The molecule has 5 nitrogen and oxygen atoms in total. The highest BCUT2D eigenvalue weighted by Gasteiger charge is 2.44. The minimum atomic E-state index is 0.0111. The quantitative estimate of drug-likeness (QED) is 0.802. The molecule has 3 rings (SSSR count). The Morgan fingerprint density at radius 2 is 2.09 bits per heavy atom. The van der Waals surface area contributed by atoms with Crippen LogP contribution in [0.5, 0.6) is 0 Å². The van der Waals surface area contributed by atoms with Crippen molar-refractivity contribution in [2.24, 2.45) is 0 Å². The third-order valence-electron chi connectivity index (χ3n) is 4.93. The number of rotatable bonds is 3. The Kier molecular flexibility index (Phi) is 4.25. The van der Waals surface area contributed by atoms with Crippen molar-refractivity contribution in [2.75, 3.05) is 26.2 Å². The molecule has 1 spiro atoms. The molecule has 2 fully saturated rings. The van der Waals surface area contributed by atoms with Gasteiger partial charge in [0.25, 0.3) is 5.91 Å². The molecule has 1 aromatic heterocycles. The number of aromatic nitrogens is 2. The summed E-state index contributed by atoms with van der Waals surface area (Å²) in [5.41, 5.74) is 1.43. The zero-order chi connectivity index (χ0) is 15.6. The summed E-state index contributed by atoms with van der Waals surface area (Å²) in [6.45, 7) is 9.39. The van der Waals surface area contributed by atoms with Gasteiger partial charge < -0.3 is 4.90 Å². The average Bonchev–Trinajstić information content (AvgIpc) is 2.90. The lowest BCUT2D eigenvalue weighted by Crippen LogP contribution is -2.57. The van der Waals surface area contributed by atoms with E-state index in [0.717, 1.165) is 38.3 Å². The molecule has 5 heteroatoms. The van der Waals surface area contributed by atoms with Crippen LogP contribution in [-0.4, -0.2) is 57.4 Å². The molecule has 1 amide bonds. The van der Waals surface area contributed by atoms with Gasteiger partial charge in [-0.05, 0) is 39.2 Å². The molecule has 2 aliphatic heterocycles. The summed E-state index contributed by atoms with van der Waals surface area (Å²) in [5.74, 6) is 0.0111. The summed E-state index contributed by atoms with van der Waals surface area (Å²) in [5, 5.41) is 0. The van der Waals surface area contributed by atoms with Crippen molar-refractivity contribution in [1.82, 2.24) is 19.8 Å². The maximum absolute atomic E-state index is 12.7. The van der Waals surface area contributed by atoms with Crippen LogP contribution in [0, 0.1) is 6.92 Å². The Hall–Kier alpha value is -1.75. The lowest BCUT2D eigenvalue weighted by Gasteiger charge is -2.45. The van der Waals surface area contributed by atoms with E-state index < -0.39 is 0 Å². The van der Waals surface area contributed by atoms with Crippen LogP contribution in [-0.2, 0) is 0 Å². The highest BCUT2D eigenvalue weighted by molar-refractivity contribution is 5.92. The van der Waals surface area contributed by atoms with E-state index in [2.05, 4.69) is 21.4 Å². The molecule has 0 saturated carbocycles. The molecule has 3 heterocycles. The second-order valence-corrected chi connectivity index (χ2v) is 6.44. The molecule has 0 bridgehead atoms. The van der Waals surface area contributed by atoms with Gasteiger partial charge in [0, 0.05) is 31.4 Å². The normalized spacial score (nSPS) is 25.6. The monoisotopic (exact) mass is 300 g/mol. The SMILES string of the molecule is C=CCN1CCCC12CCCN(C(=O)c1cnc(C)cn1)C2. The second-order valence-electron chi connectivity index (χ2n) is 6.44. The minimum absolute atomic E-state index is 0.0111. The Morgan fingerprint density at radius 3 is 2.77 bits per heavy atom. The van der Waals surface area contributed by atoms with Gasteiger partial charge in [-0.2, -0.15) is 0 Å². The average molecular weight is 300 g/mol. The van der Waals surface area contributed by atoms with Crippen molar-refractivity contribution in [3.63, 3.8) is 0 Å². The van der Waals surface area contributed by atoms with Gasteiger partial charge in [0.15, 0.2) is 0 Å². The number of likely N-dealkylation sites (tertiary alicyclic amines) is 2. The molecule has 0 N–H and O–H groups in total. The van der Waals surface area contributed by atoms with Crippen LogP contribution in [0.3, 0.4) is 0 Å². The Bertz CT molecular complexity index is 556. The minimum Gasteiger partial charge on any atom is -0.335 e. The fraction of sp³-hybridized carbons (Fsp3) is 0.588. The van der Waals surface area contributed by atoms with Gasteiger partial charge in [-0.25, -0.2) is 4.98 Å². The Morgan fingerprint density at radius 1 is 1.32 bits per heavy atom. The number of piperidine rings is 1. The standard InChI is InChI=1S/C17H24N4O/c1-3-8-21-10-5-7-17(21)6-4-9-20(13-17)16(22)15-12-18-14(2)11-19-15/h3,11-12H,1,4-10,13H2,2H3. The highest BCUT2D eigenvalue weighted by Crippen LogP contribution is 2.37. The Balaban J connectivity index is 1.76. The van der Waals surface area contributed by atoms with Crippen LogP contribution >= 0.6 is 0 Å². The van der Waals surface area contributed by atoms with E-state index in [1.807, 2.05) is 17.9 Å². The van der Waals surface area contributed by atoms with E-state index in [4.69, 9.17) is 0 Å². The first kappa shape index (κ1) is 15.2. The zero-order valence-electron chi connectivity index (χ0n) is 13.3. The molecular weight excluding hydrogens is 276 g/mol. The van der Waals surface area contributed by atoms with Gasteiger partial charge in [0.05, 0.1) is 11.9 Å².